The largest absolute Gasteiger partial charge is 0.461 e. The molecule has 1 aliphatic carbocycles. The zero-order valence-electron chi connectivity index (χ0n) is 11.8. The highest BCUT2D eigenvalue weighted by Gasteiger charge is 2.35. The highest BCUT2D eigenvalue weighted by Crippen LogP contribution is 2.34. The van der Waals surface area contributed by atoms with Gasteiger partial charge in [0, 0.05) is 0 Å². The van der Waals surface area contributed by atoms with E-state index in [1.807, 2.05) is 27.7 Å². The SMILES string of the molecule is CCC(C)(I)C(=O)OC1CCC(C(C)(C)O)CC1. The molecule has 0 heterocycles. The van der Waals surface area contributed by atoms with Crippen LogP contribution < -0.4 is 0 Å². The van der Waals surface area contributed by atoms with E-state index < -0.39 is 9.02 Å². The molecule has 0 aromatic heterocycles. The van der Waals surface area contributed by atoms with Gasteiger partial charge in [-0.2, -0.15) is 0 Å². The molecule has 0 aromatic carbocycles. The third-order valence-corrected chi connectivity index (χ3v) is 5.24. The van der Waals surface area contributed by atoms with Gasteiger partial charge in [0.1, 0.15) is 9.53 Å². The van der Waals surface area contributed by atoms with Crippen molar-refractivity contribution in [2.24, 2.45) is 5.92 Å². The minimum atomic E-state index is -0.615. The van der Waals surface area contributed by atoms with Crippen LogP contribution in [0.25, 0.3) is 0 Å². The van der Waals surface area contributed by atoms with Gasteiger partial charge in [0.2, 0.25) is 0 Å². The summed E-state index contributed by atoms with van der Waals surface area (Å²) in [5, 5.41) is 9.97. The molecule has 0 radical (unpaired) electrons. The standard InChI is InChI=1S/C14H25IO3/c1-5-14(4,15)12(16)18-11-8-6-10(7-9-11)13(2,3)17/h10-11,17H,5-9H2,1-4H3. The molecule has 1 rings (SSSR count). The van der Waals surface area contributed by atoms with E-state index in [9.17, 15) is 9.90 Å². The number of ether oxygens (including phenoxy) is 1. The molecule has 0 aliphatic heterocycles. The Labute approximate surface area is 124 Å². The molecule has 1 atom stereocenters. The van der Waals surface area contributed by atoms with E-state index in [4.69, 9.17) is 4.74 Å². The maximum atomic E-state index is 12.0. The van der Waals surface area contributed by atoms with Crippen LogP contribution in [0.5, 0.6) is 0 Å². The lowest BCUT2D eigenvalue weighted by Gasteiger charge is -2.36. The van der Waals surface area contributed by atoms with Gasteiger partial charge < -0.3 is 9.84 Å². The van der Waals surface area contributed by atoms with E-state index in [1.165, 1.54) is 0 Å². The quantitative estimate of drug-likeness (QED) is 0.470. The fourth-order valence-electron chi connectivity index (χ4n) is 2.31. The molecule has 0 amide bonds. The van der Waals surface area contributed by atoms with Gasteiger partial charge >= 0.3 is 5.97 Å². The fourth-order valence-corrected chi connectivity index (χ4v) is 2.43. The lowest BCUT2D eigenvalue weighted by atomic mass is 9.78. The molecular formula is C14H25IO3. The van der Waals surface area contributed by atoms with Gasteiger partial charge in [0.25, 0.3) is 0 Å². The van der Waals surface area contributed by atoms with E-state index in [-0.39, 0.29) is 12.1 Å². The Hall–Kier alpha value is 0.160. The smallest absolute Gasteiger partial charge is 0.322 e. The number of carbonyl (C=O) groups excluding carboxylic acids is 1. The molecule has 1 fully saturated rings. The number of hydrogen-bond acceptors (Lipinski definition) is 3. The van der Waals surface area contributed by atoms with E-state index in [0.29, 0.717) is 5.92 Å². The lowest BCUT2D eigenvalue weighted by Crippen LogP contribution is -2.38. The summed E-state index contributed by atoms with van der Waals surface area (Å²) in [5.74, 6) is 0.224. The van der Waals surface area contributed by atoms with Crippen LogP contribution in [0.3, 0.4) is 0 Å². The molecule has 1 unspecified atom stereocenters. The number of esters is 1. The second-order valence-corrected chi connectivity index (χ2v) is 8.46. The van der Waals surface area contributed by atoms with E-state index in [0.717, 1.165) is 32.1 Å². The zero-order valence-corrected chi connectivity index (χ0v) is 14.0. The van der Waals surface area contributed by atoms with Crippen LogP contribution in [0.4, 0.5) is 0 Å². The summed E-state index contributed by atoms with van der Waals surface area (Å²) in [5.41, 5.74) is -0.615. The third kappa shape index (κ3) is 4.37. The van der Waals surface area contributed by atoms with Gasteiger partial charge in [-0.1, -0.05) is 29.5 Å². The number of hydrogen-bond donors (Lipinski definition) is 1. The molecular weight excluding hydrogens is 343 g/mol. The van der Waals surface area contributed by atoms with Crippen molar-refractivity contribution in [3.8, 4) is 0 Å². The lowest BCUT2D eigenvalue weighted by molar-refractivity contribution is -0.153. The summed E-state index contributed by atoms with van der Waals surface area (Å²) < 4.78 is 5.17. The van der Waals surface area contributed by atoms with Gasteiger partial charge in [0.15, 0.2) is 0 Å². The van der Waals surface area contributed by atoms with Crippen LogP contribution >= 0.6 is 22.6 Å². The Bertz CT molecular complexity index is 286. The van der Waals surface area contributed by atoms with Gasteiger partial charge in [-0.25, -0.2) is 0 Å². The zero-order chi connectivity index (χ0) is 14.0. The monoisotopic (exact) mass is 368 g/mol. The number of carbonyl (C=O) groups is 1. The van der Waals surface area contributed by atoms with Crippen molar-refractivity contribution in [2.75, 3.05) is 0 Å². The molecule has 1 saturated carbocycles. The molecule has 1 aliphatic rings. The first-order valence-corrected chi connectivity index (χ1v) is 7.87. The van der Waals surface area contributed by atoms with E-state index >= 15 is 0 Å². The van der Waals surface area contributed by atoms with Crippen LogP contribution in [-0.4, -0.2) is 26.2 Å². The molecule has 0 bridgehead atoms. The molecule has 0 saturated heterocycles. The first-order valence-electron chi connectivity index (χ1n) is 6.79. The third-order valence-electron chi connectivity index (χ3n) is 4.04. The van der Waals surface area contributed by atoms with Crippen molar-refractivity contribution in [3.05, 3.63) is 0 Å². The molecule has 18 heavy (non-hydrogen) atoms. The summed E-state index contributed by atoms with van der Waals surface area (Å²) in [4.78, 5) is 12.0. The second kappa shape index (κ2) is 6.07. The normalized spacial score (nSPS) is 28.6. The first kappa shape index (κ1) is 16.2. The second-order valence-electron chi connectivity index (χ2n) is 6.08. The predicted octanol–water partition coefficient (Wildman–Crippen LogP) is 3.46. The Kier molecular flexibility index (Phi) is 5.47. The molecule has 106 valence electrons. The first-order chi connectivity index (χ1) is 8.16. The van der Waals surface area contributed by atoms with Crippen molar-refractivity contribution < 1.29 is 14.6 Å². The molecule has 4 heteroatoms. The van der Waals surface area contributed by atoms with E-state index in [1.54, 1.807) is 0 Å². The highest BCUT2D eigenvalue weighted by molar-refractivity contribution is 14.1. The number of alkyl halides is 1. The number of rotatable bonds is 4. The highest BCUT2D eigenvalue weighted by atomic mass is 127. The topological polar surface area (TPSA) is 46.5 Å². The summed E-state index contributed by atoms with van der Waals surface area (Å²) in [6.45, 7) is 7.64. The summed E-state index contributed by atoms with van der Waals surface area (Å²) in [6.07, 6.45) is 4.44. The van der Waals surface area contributed by atoms with Crippen LogP contribution in [-0.2, 0) is 9.53 Å². The maximum absolute atomic E-state index is 12.0. The average Bonchev–Trinajstić information content (AvgIpc) is 2.28. The Morgan fingerprint density at radius 1 is 1.28 bits per heavy atom. The van der Waals surface area contributed by atoms with Crippen molar-refractivity contribution in [1.82, 2.24) is 0 Å². The molecule has 0 spiro atoms. The Morgan fingerprint density at radius 3 is 2.17 bits per heavy atom. The average molecular weight is 368 g/mol. The van der Waals surface area contributed by atoms with Gasteiger partial charge in [-0.15, -0.1) is 0 Å². The summed E-state index contributed by atoms with van der Waals surface area (Å²) in [7, 11) is 0. The number of aliphatic hydroxyl groups is 1. The minimum absolute atomic E-state index is 0.0386. The van der Waals surface area contributed by atoms with Crippen LogP contribution in [0.1, 0.15) is 59.8 Å². The molecule has 0 aromatic rings. The summed E-state index contributed by atoms with van der Waals surface area (Å²) >= 11 is 2.16. The van der Waals surface area contributed by atoms with Gasteiger partial charge in [0.05, 0.1) is 5.60 Å². The Morgan fingerprint density at radius 2 is 1.78 bits per heavy atom. The summed E-state index contributed by atoms with van der Waals surface area (Å²) in [6, 6.07) is 0. The van der Waals surface area contributed by atoms with Crippen molar-refractivity contribution in [3.63, 3.8) is 0 Å². The van der Waals surface area contributed by atoms with Crippen molar-refractivity contribution in [2.45, 2.75) is 74.9 Å². The van der Waals surface area contributed by atoms with Crippen LogP contribution in [0.2, 0.25) is 0 Å². The molecule has 3 nitrogen and oxygen atoms in total. The van der Waals surface area contributed by atoms with Crippen LogP contribution in [0, 0.1) is 5.92 Å². The predicted molar refractivity (Wildman–Crippen MR) is 80.9 cm³/mol. The fraction of sp³-hybridized carbons (Fsp3) is 0.929. The van der Waals surface area contributed by atoms with Gasteiger partial charge in [-0.05, 0) is 58.8 Å². The van der Waals surface area contributed by atoms with Crippen molar-refractivity contribution >= 4 is 28.6 Å². The van der Waals surface area contributed by atoms with Gasteiger partial charge in [-0.3, -0.25) is 4.79 Å². The van der Waals surface area contributed by atoms with E-state index in [2.05, 4.69) is 22.6 Å². The maximum Gasteiger partial charge on any atom is 0.322 e. The molecule has 1 N–H and O–H groups in total. The minimum Gasteiger partial charge on any atom is -0.461 e. The Balaban J connectivity index is 2.43. The van der Waals surface area contributed by atoms with Crippen LogP contribution in [0.15, 0.2) is 0 Å². The van der Waals surface area contributed by atoms with Crippen molar-refractivity contribution in [1.29, 1.82) is 0 Å². The number of halogens is 1.